The molecule has 4 aromatic rings. The molecule has 0 saturated carbocycles. The number of esters is 1. The zero-order valence-corrected chi connectivity index (χ0v) is 20.6. The largest absolute Gasteiger partial charge is 0.493 e. The molecule has 6 nitrogen and oxygen atoms in total. The number of carbonyl (C=O) groups excluding carboxylic acids is 1. The molecule has 0 fully saturated rings. The first-order valence-corrected chi connectivity index (χ1v) is 12.2. The quantitative estimate of drug-likeness (QED) is 0.100. The summed E-state index contributed by atoms with van der Waals surface area (Å²) in [5, 5.41) is 5.24. The van der Waals surface area contributed by atoms with Gasteiger partial charge in [-0.3, -0.25) is 4.79 Å². The molecule has 35 heavy (non-hydrogen) atoms. The molecule has 7 heteroatoms. The van der Waals surface area contributed by atoms with Crippen LogP contribution in [0.1, 0.15) is 26.0 Å². The molecule has 1 heterocycles. The molecule has 0 aliphatic rings. The Labute approximate surface area is 209 Å². The van der Waals surface area contributed by atoms with Gasteiger partial charge in [0.2, 0.25) is 0 Å². The summed E-state index contributed by atoms with van der Waals surface area (Å²) >= 11 is 5.69. The van der Waals surface area contributed by atoms with Gasteiger partial charge in [0.1, 0.15) is 17.2 Å². The fraction of sp³-hybridized carbons (Fsp3) is 0.286. The van der Waals surface area contributed by atoms with Gasteiger partial charge in [0, 0.05) is 17.7 Å². The summed E-state index contributed by atoms with van der Waals surface area (Å²) in [5.74, 6) is 1.42. The van der Waals surface area contributed by atoms with Crippen LogP contribution in [0.15, 0.2) is 71.3 Å². The van der Waals surface area contributed by atoms with Crippen molar-refractivity contribution in [2.24, 2.45) is 5.92 Å². The Balaban J connectivity index is 1.35. The highest BCUT2D eigenvalue weighted by Crippen LogP contribution is 2.38. The van der Waals surface area contributed by atoms with Crippen LogP contribution in [0.25, 0.3) is 22.1 Å². The number of halogens is 1. The topological polar surface area (TPSA) is 70.8 Å². The Hall–Kier alpha value is -3.51. The number of nitrogens with zero attached hydrogens (tertiary/aromatic N) is 1. The molecule has 1 aromatic heterocycles. The van der Waals surface area contributed by atoms with Crippen LogP contribution in [0.2, 0.25) is 0 Å². The number of hydrogen-bond acceptors (Lipinski definition) is 6. The standard InChI is InChI=1S/C28H28ClNO5/c1-3-24-23-14-15-25(26(27(23)35-30-24)20-8-5-4-6-9-20)33-17-7-16-32-21-10-12-22(13-11-21)34-28(31)19(2)18-29/h4-6,8-15,19H,3,7,16-18H2,1-2H3. The lowest BCUT2D eigenvalue weighted by atomic mass is 10.0. The van der Waals surface area contributed by atoms with Crippen molar-refractivity contribution >= 4 is 28.5 Å². The highest BCUT2D eigenvalue weighted by atomic mass is 35.5. The molecular weight excluding hydrogens is 466 g/mol. The average molecular weight is 494 g/mol. The summed E-state index contributed by atoms with van der Waals surface area (Å²) in [4.78, 5) is 11.8. The second-order valence-electron chi connectivity index (χ2n) is 8.16. The van der Waals surface area contributed by atoms with Crippen LogP contribution in [-0.2, 0) is 11.2 Å². The Morgan fingerprint density at radius 2 is 1.69 bits per heavy atom. The lowest BCUT2D eigenvalue weighted by Crippen LogP contribution is -2.18. The smallest absolute Gasteiger partial charge is 0.315 e. The first-order valence-electron chi connectivity index (χ1n) is 11.7. The van der Waals surface area contributed by atoms with Gasteiger partial charge in [-0.05, 0) is 48.4 Å². The molecular formula is C28H28ClNO5. The van der Waals surface area contributed by atoms with E-state index < -0.39 is 0 Å². The maximum absolute atomic E-state index is 11.8. The van der Waals surface area contributed by atoms with Crippen molar-refractivity contribution in [2.75, 3.05) is 19.1 Å². The maximum Gasteiger partial charge on any atom is 0.315 e. The third-order valence-electron chi connectivity index (χ3n) is 5.57. The highest BCUT2D eigenvalue weighted by molar-refractivity contribution is 6.19. The van der Waals surface area contributed by atoms with Gasteiger partial charge in [-0.2, -0.15) is 0 Å². The van der Waals surface area contributed by atoms with Crippen molar-refractivity contribution in [2.45, 2.75) is 26.7 Å². The number of aryl methyl sites for hydroxylation is 1. The summed E-state index contributed by atoms with van der Waals surface area (Å²) in [7, 11) is 0. The van der Waals surface area contributed by atoms with Gasteiger partial charge >= 0.3 is 5.97 Å². The molecule has 0 bridgehead atoms. The number of hydrogen-bond donors (Lipinski definition) is 0. The van der Waals surface area contributed by atoms with E-state index in [0.29, 0.717) is 31.1 Å². The molecule has 0 radical (unpaired) electrons. The number of benzene rings is 3. The lowest BCUT2D eigenvalue weighted by molar-refractivity contribution is -0.137. The van der Waals surface area contributed by atoms with E-state index in [4.69, 9.17) is 30.3 Å². The van der Waals surface area contributed by atoms with Crippen molar-refractivity contribution in [1.29, 1.82) is 0 Å². The van der Waals surface area contributed by atoms with Gasteiger partial charge in [0.15, 0.2) is 5.58 Å². The van der Waals surface area contributed by atoms with Gasteiger partial charge in [0.25, 0.3) is 0 Å². The Morgan fingerprint density at radius 1 is 0.971 bits per heavy atom. The fourth-order valence-electron chi connectivity index (χ4n) is 3.60. The summed E-state index contributed by atoms with van der Waals surface area (Å²) in [6.45, 7) is 4.75. The van der Waals surface area contributed by atoms with E-state index in [2.05, 4.69) is 12.1 Å². The molecule has 0 amide bonds. The van der Waals surface area contributed by atoms with Crippen LogP contribution in [0.3, 0.4) is 0 Å². The molecule has 182 valence electrons. The van der Waals surface area contributed by atoms with E-state index in [1.54, 1.807) is 31.2 Å². The molecule has 0 saturated heterocycles. The summed E-state index contributed by atoms with van der Waals surface area (Å²) in [5.41, 5.74) is 3.60. The van der Waals surface area contributed by atoms with Crippen molar-refractivity contribution in [1.82, 2.24) is 5.16 Å². The predicted octanol–water partition coefficient (Wildman–Crippen LogP) is 6.69. The molecule has 0 aliphatic carbocycles. The van der Waals surface area contributed by atoms with Crippen LogP contribution in [0.4, 0.5) is 0 Å². The zero-order chi connectivity index (χ0) is 24.6. The van der Waals surface area contributed by atoms with E-state index >= 15 is 0 Å². The first kappa shape index (κ1) is 24.6. The summed E-state index contributed by atoms with van der Waals surface area (Å²) in [6.07, 6.45) is 1.49. The number of alkyl halides is 1. The molecule has 0 spiro atoms. The summed E-state index contributed by atoms with van der Waals surface area (Å²) < 4.78 is 22.9. The van der Waals surface area contributed by atoms with Crippen molar-refractivity contribution < 1.29 is 23.5 Å². The SMILES string of the molecule is CCc1noc2c(-c3ccccc3)c(OCCCOc3ccc(OC(=O)C(C)CCl)cc3)ccc12. The monoisotopic (exact) mass is 493 g/mol. The van der Waals surface area contributed by atoms with Crippen LogP contribution in [0, 0.1) is 5.92 Å². The second-order valence-corrected chi connectivity index (χ2v) is 8.47. The van der Waals surface area contributed by atoms with E-state index in [0.717, 1.165) is 40.0 Å². The first-order chi connectivity index (χ1) is 17.1. The number of fused-ring (bicyclic) bond motifs is 1. The number of rotatable bonds is 11. The zero-order valence-electron chi connectivity index (χ0n) is 19.8. The highest BCUT2D eigenvalue weighted by Gasteiger charge is 2.18. The average Bonchev–Trinajstić information content (AvgIpc) is 3.32. The Kier molecular flexibility index (Phi) is 8.27. The van der Waals surface area contributed by atoms with Crippen molar-refractivity contribution in [3.05, 3.63) is 72.4 Å². The minimum atomic E-state index is -0.353. The number of ether oxygens (including phenoxy) is 3. The van der Waals surface area contributed by atoms with Crippen LogP contribution in [0.5, 0.6) is 17.2 Å². The van der Waals surface area contributed by atoms with Crippen LogP contribution >= 0.6 is 11.6 Å². The minimum absolute atomic E-state index is 0.223. The van der Waals surface area contributed by atoms with E-state index in [9.17, 15) is 4.79 Å². The molecule has 1 atom stereocenters. The Bertz CT molecular complexity index is 1250. The van der Waals surface area contributed by atoms with E-state index in [1.807, 2.05) is 42.5 Å². The molecule has 1 unspecified atom stereocenters. The van der Waals surface area contributed by atoms with Crippen molar-refractivity contribution in [3.63, 3.8) is 0 Å². The molecule has 3 aromatic carbocycles. The Morgan fingerprint density at radius 3 is 2.40 bits per heavy atom. The summed E-state index contributed by atoms with van der Waals surface area (Å²) in [6, 6.07) is 21.0. The van der Waals surface area contributed by atoms with Gasteiger partial charge < -0.3 is 18.7 Å². The third kappa shape index (κ3) is 5.95. The van der Waals surface area contributed by atoms with Gasteiger partial charge in [-0.1, -0.05) is 49.3 Å². The van der Waals surface area contributed by atoms with Gasteiger partial charge in [-0.15, -0.1) is 11.6 Å². The molecule has 0 aliphatic heterocycles. The van der Waals surface area contributed by atoms with Gasteiger partial charge in [-0.25, -0.2) is 0 Å². The minimum Gasteiger partial charge on any atom is -0.493 e. The molecule has 0 N–H and O–H groups in total. The van der Waals surface area contributed by atoms with Crippen LogP contribution in [-0.4, -0.2) is 30.2 Å². The predicted molar refractivity (Wildman–Crippen MR) is 136 cm³/mol. The normalized spacial score (nSPS) is 11.9. The van der Waals surface area contributed by atoms with E-state index in [1.165, 1.54) is 0 Å². The molecule has 4 rings (SSSR count). The maximum atomic E-state index is 11.8. The van der Waals surface area contributed by atoms with Gasteiger partial charge in [0.05, 0.1) is 30.4 Å². The number of aromatic nitrogens is 1. The fourth-order valence-corrected chi connectivity index (χ4v) is 3.73. The van der Waals surface area contributed by atoms with Crippen molar-refractivity contribution in [3.8, 4) is 28.4 Å². The van der Waals surface area contributed by atoms with Crippen LogP contribution < -0.4 is 14.2 Å². The lowest BCUT2D eigenvalue weighted by Gasteiger charge is -2.13. The second kappa shape index (κ2) is 11.8. The third-order valence-corrected chi connectivity index (χ3v) is 6.03. The number of carbonyl (C=O) groups is 1. The van der Waals surface area contributed by atoms with E-state index in [-0.39, 0.29) is 17.8 Å².